The Hall–Kier alpha value is -0.0400. The van der Waals surface area contributed by atoms with Gasteiger partial charge in [0.05, 0.1) is 0 Å². The van der Waals surface area contributed by atoms with E-state index in [0.29, 0.717) is 0 Å². The van der Waals surface area contributed by atoms with Gasteiger partial charge in [0.25, 0.3) is 0 Å². The second-order valence-corrected chi connectivity index (χ2v) is 9.70. The van der Waals surface area contributed by atoms with Crippen LogP contribution in [0.3, 0.4) is 0 Å². The van der Waals surface area contributed by atoms with E-state index in [1.54, 1.807) is 32.1 Å². The molecule has 1 saturated heterocycles. The minimum absolute atomic E-state index is 0.956. The molecular formula is C23H41N. The van der Waals surface area contributed by atoms with Crippen molar-refractivity contribution in [3.63, 3.8) is 0 Å². The summed E-state index contributed by atoms with van der Waals surface area (Å²) in [6.45, 7) is 2.92. The Morgan fingerprint density at radius 1 is 0.458 bits per heavy atom. The van der Waals surface area contributed by atoms with E-state index in [-0.39, 0.29) is 0 Å². The zero-order valence-electron chi connectivity index (χ0n) is 16.1. The first-order valence-electron chi connectivity index (χ1n) is 11.7. The van der Waals surface area contributed by atoms with Gasteiger partial charge < -0.3 is 4.90 Å². The van der Waals surface area contributed by atoms with Crippen molar-refractivity contribution in [1.82, 2.24) is 4.90 Å². The SMILES string of the molecule is C1CCC(C2CCN(C3CCCCC3)CC2C2CCCCC2)CC1. The average molecular weight is 332 g/mol. The molecule has 0 aromatic carbocycles. The minimum atomic E-state index is 0.956. The lowest BCUT2D eigenvalue weighted by Crippen LogP contribution is -2.50. The van der Waals surface area contributed by atoms with Crippen molar-refractivity contribution in [2.45, 2.75) is 109 Å². The largest absolute Gasteiger partial charge is 0.300 e. The summed E-state index contributed by atoms with van der Waals surface area (Å²) in [4.78, 5) is 2.98. The normalized spacial score (nSPS) is 36.0. The lowest BCUT2D eigenvalue weighted by atomic mass is 9.64. The van der Waals surface area contributed by atoms with E-state index < -0.39 is 0 Å². The minimum Gasteiger partial charge on any atom is -0.300 e. The van der Waals surface area contributed by atoms with Crippen LogP contribution in [0.5, 0.6) is 0 Å². The van der Waals surface area contributed by atoms with Crippen LogP contribution in [0.15, 0.2) is 0 Å². The molecule has 0 aromatic heterocycles. The second-order valence-electron chi connectivity index (χ2n) is 9.70. The van der Waals surface area contributed by atoms with Gasteiger partial charge in [-0.3, -0.25) is 0 Å². The molecule has 0 amide bonds. The highest BCUT2D eigenvalue weighted by atomic mass is 15.2. The van der Waals surface area contributed by atoms with Crippen LogP contribution in [0, 0.1) is 23.7 Å². The Labute approximate surface area is 151 Å². The summed E-state index contributed by atoms with van der Waals surface area (Å²) in [5.74, 6) is 4.33. The summed E-state index contributed by atoms with van der Waals surface area (Å²) in [7, 11) is 0. The summed E-state index contributed by atoms with van der Waals surface area (Å²) in [6, 6.07) is 0.956. The number of piperidine rings is 1. The Bertz CT molecular complexity index is 360. The van der Waals surface area contributed by atoms with Gasteiger partial charge in [-0.05, 0) is 49.5 Å². The predicted molar refractivity (Wildman–Crippen MR) is 103 cm³/mol. The summed E-state index contributed by atoms with van der Waals surface area (Å²) >= 11 is 0. The third-order valence-corrected chi connectivity index (χ3v) is 8.35. The number of rotatable bonds is 3. The smallest absolute Gasteiger partial charge is 0.00953 e. The van der Waals surface area contributed by atoms with Gasteiger partial charge in [-0.25, -0.2) is 0 Å². The third kappa shape index (κ3) is 4.02. The molecule has 24 heavy (non-hydrogen) atoms. The van der Waals surface area contributed by atoms with Crippen molar-refractivity contribution < 1.29 is 0 Å². The van der Waals surface area contributed by atoms with Crippen molar-refractivity contribution in [3.8, 4) is 0 Å². The Morgan fingerprint density at radius 2 is 0.958 bits per heavy atom. The molecule has 138 valence electrons. The highest BCUT2D eigenvalue weighted by Gasteiger charge is 2.40. The van der Waals surface area contributed by atoms with Crippen LogP contribution >= 0.6 is 0 Å². The summed E-state index contributed by atoms with van der Waals surface area (Å²) in [6.07, 6.45) is 24.5. The standard InChI is InChI=1S/C23H41N/c1-4-10-19(11-5-1)22-16-17-24(21-14-8-3-9-15-21)18-23(22)20-12-6-2-7-13-20/h19-23H,1-18H2. The summed E-state index contributed by atoms with van der Waals surface area (Å²) in [5.41, 5.74) is 0. The van der Waals surface area contributed by atoms with Crippen LogP contribution in [-0.4, -0.2) is 24.0 Å². The molecule has 1 heterocycles. The van der Waals surface area contributed by atoms with Crippen LogP contribution < -0.4 is 0 Å². The van der Waals surface area contributed by atoms with Gasteiger partial charge in [-0.2, -0.15) is 0 Å². The summed E-state index contributed by atoms with van der Waals surface area (Å²) < 4.78 is 0. The molecule has 0 N–H and O–H groups in total. The molecule has 2 atom stereocenters. The molecule has 0 spiro atoms. The van der Waals surface area contributed by atoms with Gasteiger partial charge in [0.1, 0.15) is 0 Å². The maximum atomic E-state index is 2.98. The number of hydrogen-bond donors (Lipinski definition) is 0. The molecule has 1 nitrogen and oxygen atoms in total. The molecule has 0 aromatic rings. The lowest BCUT2D eigenvalue weighted by molar-refractivity contribution is -0.00223. The van der Waals surface area contributed by atoms with Crippen LogP contribution in [0.2, 0.25) is 0 Å². The van der Waals surface area contributed by atoms with E-state index >= 15 is 0 Å². The zero-order valence-corrected chi connectivity index (χ0v) is 16.1. The molecule has 1 aliphatic heterocycles. The van der Waals surface area contributed by atoms with Crippen molar-refractivity contribution in [2.24, 2.45) is 23.7 Å². The van der Waals surface area contributed by atoms with Crippen LogP contribution in [0.4, 0.5) is 0 Å². The maximum absolute atomic E-state index is 2.98. The molecule has 4 fully saturated rings. The number of likely N-dealkylation sites (tertiary alicyclic amines) is 1. The predicted octanol–water partition coefficient (Wildman–Crippen LogP) is 6.42. The topological polar surface area (TPSA) is 3.24 Å². The molecule has 2 unspecified atom stereocenters. The molecule has 4 rings (SSSR count). The van der Waals surface area contributed by atoms with Crippen LogP contribution in [-0.2, 0) is 0 Å². The monoisotopic (exact) mass is 331 g/mol. The van der Waals surface area contributed by atoms with E-state index in [4.69, 9.17) is 0 Å². The van der Waals surface area contributed by atoms with Crippen molar-refractivity contribution in [1.29, 1.82) is 0 Å². The average Bonchev–Trinajstić information content (AvgIpc) is 2.69. The first-order valence-corrected chi connectivity index (χ1v) is 11.7. The van der Waals surface area contributed by atoms with Crippen molar-refractivity contribution in [2.75, 3.05) is 13.1 Å². The fourth-order valence-electron chi connectivity index (χ4n) is 7.01. The Balaban J connectivity index is 1.44. The molecule has 0 bridgehead atoms. The van der Waals surface area contributed by atoms with E-state index in [0.717, 1.165) is 29.7 Å². The lowest BCUT2D eigenvalue weighted by Gasteiger charge is -2.49. The molecule has 0 radical (unpaired) electrons. The summed E-state index contributed by atoms with van der Waals surface area (Å²) in [5, 5.41) is 0. The van der Waals surface area contributed by atoms with Gasteiger partial charge in [-0.15, -0.1) is 0 Å². The molecule has 3 saturated carbocycles. The van der Waals surface area contributed by atoms with Crippen LogP contribution in [0.1, 0.15) is 103 Å². The van der Waals surface area contributed by atoms with E-state index in [9.17, 15) is 0 Å². The Morgan fingerprint density at radius 3 is 1.54 bits per heavy atom. The van der Waals surface area contributed by atoms with E-state index in [2.05, 4.69) is 4.90 Å². The molecule has 1 heteroatoms. The van der Waals surface area contributed by atoms with Gasteiger partial charge in [0.15, 0.2) is 0 Å². The fourth-order valence-corrected chi connectivity index (χ4v) is 7.01. The first-order chi connectivity index (χ1) is 11.9. The van der Waals surface area contributed by atoms with E-state index in [1.165, 1.54) is 83.7 Å². The van der Waals surface area contributed by atoms with E-state index in [1.807, 2.05) is 0 Å². The zero-order chi connectivity index (χ0) is 16.2. The van der Waals surface area contributed by atoms with Crippen molar-refractivity contribution >= 4 is 0 Å². The maximum Gasteiger partial charge on any atom is 0.00953 e. The van der Waals surface area contributed by atoms with Crippen molar-refractivity contribution in [3.05, 3.63) is 0 Å². The van der Waals surface area contributed by atoms with Crippen LogP contribution in [0.25, 0.3) is 0 Å². The van der Waals surface area contributed by atoms with Gasteiger partial charge in [-0.1, -0.05) is 83.5 Å². The third-order valence-electron chi connectivity index (χ3n) is 8.35. The highest BCUT2D eigenvalue weighted by Crippen LogP contribution is 2.45. The second kappa shape index (κ2) is 8.56. The van der Waals surface area contributed by atoms with Gasteiger partial charge in [0, 0.05) is 12.6 Å². The highest BCUT2D eigenvalue weighted by molar-refractivity contribution is 4.92. The van der Waals surface area contributed by atoms with Gasteiger partial charge >= 0.3 is 0 Å². The number of nitrogens with zero attached hydrogens (tertiary/aromatic N) is 1. The molecular weight excluding hydrogens is 290 g/mol. The number of hydrogen-bond acceptors (Lipinski definition) is 1. The first kappa shape index (κ1) is 17.4. The fraction of sp³-hybridized carbons (Fsp3) is 1.00. The molecule has 3 aliphatic carbocycles. The van der Waals surface area contributed by atoms with Gasteiger partial charge in [0.2, 0.25) is 0 Å². The Kier molecular flexibility index (Phi) is 6.20. The quantitative estimate of drug-likeness (QED) is 0.577. The molecule has 4 aliphatic rings.